The number of aliphatic hydroxyl groups is 1. The lowest BCUT2D eigenvalue weighted by Crippen LogP contribution is -2.48. The number of aromatic nitrogens is 1. The van der Waals surface area contributed by atoms with Crippen molar-refractivity contribution < 1.29 is 51.6 Å². The van der Waals surface area contributed by atoms with Gasteiger partial charge >= 0.3 is 18.0 Å². The van der Waals surface area contributed by atoms with Gasteiger partial charge in [-0.1, -0.05) is 32.1 Å². The quantitative estimate of drug-likeness (QED) is 0.143. The van der Waals surface area contributed by atoms with Gasteiger partial charge in [-0.2, -0.15) is 0 Å². The lowest BCUT2D eigenvalue weighted by atomic mass is 9.69. The smallest absolute Gasteiger partial charge is 0.407 e. The molecule has 11 atom stereocenters. The normalized spacial score (nSPS) is 32.4. The van der Waals surface area contributed by atoms with Crippen LogP contribution in [0.25, 0.3) is 0 Å². The molecule has 1 saturated heterocycles. The number of amides is 1. The number of hydrogen-bond donors (Lipinski definition) is 4. The van der Waals surface area contributed by atoms with Crippen LogP contribution in [0.4, 0.5) is 4.79 Å². The largest absolute Gasteiger partial charge is 0.456 e. The van der Waals surface area contributed by atoms with Crippen LogP contribution in [0, 0.1) is 23.7 Å². The van der Waals surface area contributed by atoms with Crippen molar-refractivity contribution in [3.63, 3.8) is 0 Å². The molecule has 48 heavy (non-hydrogen) atoms. The summed E-state index contributed by atoms with van der Waals surface area (Å²) in [5, 5.41) is 13.0. The van der Waals surface area contributed by atoms with E-state index in [-0.39, 0.29) is 36.2 Å². The molecule has 1 aromatic rings. The molecule has 15 heteroatoms. The third-order valence-corrected chi connectivity index (χ3v) is 11.2. The summed E-state index contributed by atoms with van der Waals surface area (Å²) >= 11 is 0. The zero-order valence-electron chi connectivity index (χ0n) is 28.5. The molecule has 1 aromatic heterocycles. The van der Waals surface area contributed by atoms with Crippen molar-refractivity contribution in [3.8, 4) is 0 Å². The number of ether oxygens (including phenoxy) is 5. The van der Waals surface area contributed by atoms with Crippen molar-refractivity contribution in [3.05, 3.63) is 47.8 Å². The van der Waals surface area contributed by atoms with Crippen LogP contribution >= 0.6 is 0 Å². The Morgan fingerprint density at radius 1 is 1.19 bits per heavy atom. The molecule has 0 radical (unpaired) electrons. The van der Waals surface area contributed by atoms with Crippen molar-refractivity contribution in [2.24, 2.45) is 23.7 Å². The van der Waals surface area contributed by atoms with E-state index in [1.165, 1.54) is 14.2 Å². The fourth-order valence-corrected chi connectivity index (χ4v) is 7.44. The van der Waals surface area contributed by atoms with Gasteiger partial charge in [0.1, 0.15) is 30.1 Å². The second-order valence-corrected chi connectivity index (χ2v) is 15.1. The van der Waals surface area contributed by atoms with E-state index in [0.717, 1.165) is 5.57 Å². The number of hydrogen-bond acceptors (Lipinski definition) is 11. The first kappa shape index (κ1) is 37.6. The van der Waals surface area contributed by atoms with E-state index in [4.69, 9.17) is 23.7 Å². The van der Waals surface area contributed by atoms with Gasteiger partial charge in [0.25, 0.3) is 0 Å². The molecule has 1 fully saturated rings. The summed E-state index contributed by atoms with van der Waals surface area (Å²) in [7, 11) is -0.823. The third kappa shape index (κ3) is 8.30. The van der Waals surface area contributed by atoms with Crippen molar-refractivity contribution >= 4 is 28.1 Å². The Hall–Kier alpha value is -3.24. The van der Waals surface area contributed by atoms with Gasteiger partial charge in [-0.05, 0) is 58.4 Å². The highest BCUT2D eigenvalue weighted by Gasteiger charge is 2.57. The number of methoxy groups -OCH3 is 1. The van der Waals surface area contributed by atoms with Gasteiger partial charge < -0.3 is 39.1 Å². The monoisotopic (exact) mass is 695 g/mol. The number of carbonyl (C=O) groups excluding carboxylic acids is 3. The molecule has 3 heterocycles. The van der Waals surface area contributed by atoms with Crippen LogP contribution < -0.4 is 10.0 Å². The molecule has 1 amide bonds. The van der Waals surface area contributed by atoms with Gasteiger partial charge in [0, 0.05) is 43.5 Å². The molecule has 4 N–H and O–H groups in total. The number of fused-ring (bicyclic) bond motifs is 1. The van der Waals surface area contributed by atoms with Gasteiger partial charge in [-0.15, -0.1) is 0 Å². The highest BCUT2D eigenvalue weighted by molar-refractivity contribution is 7.89. The first-order chi connectivity index (χ1) is 22.6. The van der Waals surface area contributed by atoms with E-state index in [9.17, 15) is 27.9 Å². The van der Waals surface area contributed by atoms with Crippen LogP contribution in [0.3, 0.4) is 0 Å². The number of H-pyrrole nitrogens is 1. The topological polar surface area (TPSA) is 192 Å². The fraction of sp³-hybridized carbons (Fsp3) is 0.667. The van der Waals surface area contributed by atoms with Crippen molar-refractivity contribution in [2.45, 2.75) is 89.7 Å². The number of cyclic esters (lactones) is 1. The molecule has 0 unspecified atom stereocenters. The number of sulfonamides is 1. The molecule has 268 valence electrons. The van der Waals surface area contributed by atoms with Crippen molar-refractivity contribution in [1.29, 1.82) is 0 Å². The minimum Gasteiger partial charge on any atom is -0.456 e. The predicted molar refractivity (Wildman–Crippen MR) is 174 cm³/mol. The van der Waals surface area contributed by atoms with Crippen LogP contribution in [-0.4, -0.2) is 105 Å². The van der Waals surface area contributed by atoms with E-state index >= 15 is 0 Å². The molecule has 14 nitrogen and oxygen atoms in total. The summed E-state index contributed by atoms with van der Waals surface area (Å²) in [6.45, 7) is 8.68. The number of aliphatic hydroxyl groups excluding tert-OH is 1. The van der Waals surface area contributed by atoms with Crippen molar-refractivity contribution in [1.82, 2.24) is 15.0 Å². The third-order valence-electron chi connectivity index (χ3n) is 9.83. The van der Waals surface area contributed by atoms with E-state index in [1.807, 2.05) is 39.0 Å². The van der Waals surface area contributed by atoms with E-state index in [0.29, 0.717) is 6.42 Å². The summed E-state index contributed by atoms with van der Waals surface area (Å²) in [4.78, 5) is 42.0. The van der Waals surface area contributed by atoms with Gasteiger partial charge in [0.05, 0.1) is 17.5 Å². The first-order valence-electron chi connectivity index (χ1n) is 16.3. The van der Waals surface area contributed by atoms with Crippen LogP contribution in [-0.2, 0) is 38.5 Å². The van der Waals surface area contributed by atoms with Crippen LogP contribution in [0.15, 0.2) is 42.1 Å². The molecule has 1 aliphatic carbocycles. The van der Waals surface area contributed by atoms with Gasteiger partial charge in [-0.25, -0.2) is 27.5 Å². The number of esters is 2. The lowest BCUT2D eigenvalue weighted by molar-refractivity contribution is -0.172. The zero-order valence-corrected chi connectivity index (χ0v) is 29.3. The van der Waals surface area contributed by atoms with E-state index in [2.05, 4.69) is 15.0 Å². The number of rotatable bonds is 12. The highest BCUT2D eigenvalue weighted by atomic mass is 32.2. The second kappa shape index (κ2) is 15.5. The van der Waals surface area contributed by atoms with Gasteiger partial charge in [-0.3, -0.25) is 0 Å². The fourth-order valence-electron chi connectivity index (χ4n) is 6.87. The standard InChI is InChI=1S/C33H49N3O11S/c1-18-15-19(2)33-17-23(29(47-33)28(20(3)21(4)37)46-30(38)25-9-8-12-35-25)10-11-24(33)16-26(43-7)31(39)45-27(18)22(5)44-32(40)36-13-14-48(41,42)34-6/h8-12,15,18,20-24,26-29,34-35,37H,13-14,16-17H2,1-7H3,(H,36,40)/b19-15+/t18-,20-,21+,22-,23-,24-,26+,27+,28-,29-,33+/m1/s1. The molecule has 2 aliphatic heterocycles. The van der Waals surface area contributed by atoms with Crippen LogP contribution in [0.2, 0.25) is 0 Å². The Morgan fingerprint density at radius 3 is 2.54 bits per heavy atom. The molecule has 2 bridgehead atoms. The number of nitrogens with one attached hydrogen (secondary N) is 3. The molecule has 4 rings (SSSR count). The lowest BCUT2D eigenvalue weighted by Gasteiger charge is -2.41. The van der Waals surface area contributed by atoms with Gasteiger partial charge in [0.15, 0.2) is 6.10 Å². The highest BCUT2D eigenvalue weighted by Crippen LogP contribution is 2.53. The molecule has 1 spiro atoms. The van der Waals surface area contributed by atoms with E-state index in [1.54, 1.807) is 32.2 Å². The Morgan fingerprint density at radius 2 is 1.92 bits per heavy atom. The minimum atomic E-state index is -3.53. The Kier molecular flexibility index (Phi) is 12.2. The number of alkyl carbamates (subject to hydrolysis) is 1. The Balaban J connectivity index is 1.62. The summed E-state index contributed by atoms with van der Waals surface area (Å²) in [6, 6.07) is 3.32. The Bertz CT molecular complexity index is 1460. The molecular formula is C33H49N3O11S. The number of aromatic amines is 1. The second-order valence-electron chi connectivity index (χ2n) is 13.0. The van der Waals surface area contributed by atoms with Gasteiger partial charge in [0.2, 0.25) is 10.0 Å². The minimum absolute atomic E-state index is 0.160. The summed E-state index contributed by atoms with van der Waals surface area (Å²) in [6.07, 6.45) is 2.56. The molecule has 0 aromatic carbocycles. The SMILES string of the molecule is CNS(=O)(=O)CCNC(=O)O[C@H](C)[C@H]1OC(=O)[C@@H](OC)C[C@H]2C=C[C@@H]3C[C@]2(O[C@H]3[C@H](OC(=O)c2ccc[nH]2)[C@H](C)[C@H](C)O)/C(C)=C/[C@H]1C. The maximum atomic E-state index is 13.5. The number of carbonyl (C=O) groups is 3. The molecule has 3 aliphatic rings. The summed E-state index contributed by atoms with van der Waals surface area (Å²) in [5.41, 5.74) is 0.254. The average molecular weight is 696 g/mol. The molecule has 0 saturated carbocycles. The maximum Gasteiger partial charge on any atom is 0.407 e. The Labute approximate surface area is 282 Å². The summed E-state index contributed by atoms with van der Waals surface area (Å²) < 4.78 is 55.7. The van der Waals surface area contributed by atoms with E-state index < -0.39 is 82.1 Å². The predicted octanol–water partition coefficient (Wildman–Crippen LogP) is 2.46. The zero-order chi connectivity index (χ0) is 35.4. The average Bonchev–Trinajstić information content (AvgIpc) is 3.68. The molecular weight excluding hydrogens is 646 g/mol. The van der Waals surface area contributed by atoms with Crippen molar-refractivity contribution in [2.75, 3.05) is 26.5 Å². The van der Waals surface area contributed by atoms with Crippen LogP contribution in [0.5, 0.6) is 0 Å². The van der Waals surface area contributed by atoms with Crippen LogP contribution in [0.1, 0.15) is 57.9 Å². The maximum absolute atomic E-state index is 13.5. The first-order valence-corrected chi connectivity index (χ1v) is 17.9. The summed E-state index contributed by atoms with van der Waals surface area (Å²) in [5.74, 6) is -2.90.